The first-order valence-electron chi connectivity index (χ1n) is 3.55. The van der Waals surface area contributed by atoms with Gasteiger partial charge in [0.1, 0.15) is 0 Å². The summed E-state index contributed by atoms with van der Waals surface area (Å²) in [6.45, 7) is 2.05. The lowest BCUT2D eigenvalue weighted by molar-refractivity contribution is 1.29. The molecule has 0 atom stereocenters. The Labute approximate surface area is 83.1 Å². The second kappa shape index (κ2) is 2.71. The summed E-state index contributed by atoms with van der Waals surface area (Å²) in [4.78, 5) is 6.16. The molecule has 2 aromatic rings. The Morgan fingerprint density at radius 1 is 1.33 bits per heavy atom. The molecule has 2 N–H and O–H groups in total. The summed E-state index contributed by atoms with van der Waals surface area (Å²) in [6, 6.07) is 4.07. The van der Waals surface area contributed by atoms with Gasteiger partial charge in [-0.1, -0.05) is 15.9 Å². The van der Waals surface area contributed by atoms with Crippen LogP contribution in [0.5, 0.6) is 0 Å². The second-order valence-corrected chi connectivity index (χ2v) is 4.05. The number of aromatic amines is 2. The number of hydrogen-bond acceptors (Lipinski definition) is 1. The molecule has 0 amide bonds. The lowest BCUT2D eigenvalue weighted by atomic mass is 10.2. The van der Waals surface area contributed by atoms with E-state index in [0.29, 0.717) is 4.77 Å². The van der Waals surface area contributed by atoms with Gasteiger partial charge >= 0.3 is 0 Å². The van der Waals surface area contributed by atoms with Gasteiger partial charge in [-0.25, -0.2) is 0 Å². The maximum atomic E-state index is 4.99. The van der Waals surface area contributed by atoms with Gasteiger partial charge in [-0.2, -0.15) is 0 Å². The fourth-order valence-corrected chi connectivity index (χ4v) is 2.06. The summed E-state index contributed by atoms with van der Waals surface area (Å²) in [5, 5.41) is 0. The number of halogens is 1. The van der Waals surface area contributed by atoms with Crippen LogP contribution in [0, 0.1) is 11.7 Å². The van der Waals surface area contributed by atoms with Crippen LogP contribution in [0.3, 0.4) is 0 Å². The second-order valence-electron chi connectivity index (χ2n) is 2.72. The van der Waals surface area contributed by atoms with E-state index in [2.05, 4.69) is 32.0 Å². The Morgan fingerprint density at radius 2 is 2.08 bits per heavy atom. The standard InChI is InChI=1S/C8H7BrN2S/c1-4-2-5(9)3-6-7(4)11-8(12)10-6/h2-3H,1H3,(H2,10,11,12). The molecule has 12 heavy (non-hydrogen) atoms. The molecular weight excluding hydrogens is 236 g/mol. The molecule has 1 heterocycles. The fourth-order valence-electron chi connectivity index (χ4n) is 1.27. The largest absolute Gasteiger partial charge is 0.331 e. The zero-order chi connectivity index (χ0) is 8.72. The van der Waals surface area contributed by atoms with Gasteiger partial charge in [0, 0.05) is 4.47 Å². The minimum absolute atomic E-state index is 0.672. The molecule has 0 unspecified atom stereocenters. The van der Waals surface area contributed by atoms with Crippen LogP contribution in [-0.2, 0) is 0 Å². The highest BCUT2D eigenvalue weighted by Gasteiger charge is 2.00. The number of aryl methyl sites for hydroxylation is 1. The SMILES string of the molecule is Cc1cc(Br)cc2[nH]c(=S)[nH]c12. The molecule has 1 aromatic carbocycles. The Balaban J connectivity index is 2.97. The Hall–Kier alpha value is -0.610. The van der Waals surface area contributed by atoms with Gasteiger partial charge in [-0.15, -0.1) is 0 Å². The molecule has 0 aliphatic heterocycles. The highest BCUT2D eigenvalue weighted by molar-refractivity contribution is 9.10. The number of nitrogens with one attached hydrogen (secondary N) is 2. The quantitative estimate of drug-likeness (QED) is 0.683. The Kier molecular flexibility index (Phi) is 1.81. The zero-order valence-electron chi connectivity index (χ0n) is 6.44. The van der Waals surface area contributed by atoms with E-state index in [4.69, 9.17) is 12.2 Å². The number of benzene rings is 1. The van der Waals surface area contributed by atoms with Gasteiger partial charge in [-0.05, 0) is 36.8 Å². The van der Waals surface area contributed by atoms with E-state index in [9.17, 15) is 0 Å². The molecule has 2 nitrogen and oxygen atoms in total. The van der Waals surface area contributed by atoms with Crippen molar-refractivity contribution in [2.75, 3.05) is 0 Å². The van der Waals surface area contributed by atoms with Crippen LogP contribution < -0.4 is 0 Å². The molecule has 62 valence electrons. The average molecular weight is 243 g/mol. The van der Waals surface area contributed by atoms with E-state index < -0.39 is 0 Å². The maximum absolute atomic E-state index is 4.99. The molecule has 0 fully saturated rings. The molecule has 4 heteroatoms. The van der Waals surface area contributed by atoms with Crippen molar-refractivity contribution in [2.45, 2.75) is 6.92 Å². The van der Waals surface area contributed by atoms with Gasteiger partial charge < -0.3 is 9.97 Å². The molecule has 0 aliphatic rings. The van der Waals surface area contributed by atoms with Gasteiger partial charge in [0.05, 0.1) is 11.0 Å². The molecule has 2 rings (SSSR count). The summed E-state index contributed by atoms with van der Waals surface area (Å²) < 4.78 is 1.74. The van der Waals surface area contributed by atoms with E-state index in [0.717, 1.165) is 15.5 Å². The van der Waals surface area contributed by atoms with Crippen molar-refractivity contribution in [1.29, 1.82) is 0 Å². The fraction of sp³-hybridized carbons (Fsp3) is 0.125. The summed E-state index contributed by atoms with van der Waals surface area (Å²) in [6.07, 6.45) is 0. The van der Waals surface area contributed by atoms with Gasteiger partial charge in [0.25, 0.3) is 0 Å². The van der Waals surface area contributed by atoms with Crippen LogP contribution in [0.25, 0.3) is 11.0 Å². The first-order valence-corrected chi connectivity index (χ1v) is 4.75. The lowest BCUT2D eigenvalue weighted by Gasteiger charge is -1.95. The van der Waals surface area contributed by atoms with Crippen molar-refractivity contribution < 1.29 is 0 Å². The monoisotopic (exact) mass is 242 g/mol. The van der Waals surface area contributed by atoms with Gasteiger partial charge in [0.15, 0.2) is 4.77 Å². The van der Waals surface area contributed by atoms with E-state index in [1.807, 2.05) is 13.0 Å². The van der Waals surface area contributed by atoms with Crippen molar-refractivity contribution >= 4 is 39.2 Å². The van der Waals surface area contributed by atoms with Crippen LogP contribution in [0.4, 0.5) is 0 Å². The van der Waals surface area contributed by atoms with E-state index in [-0.39, 0.29) is 0 Å². The number of H-pyrrole nitrogens is 2. The van der Waals surface area contributed by atoms with Crippen LogP contribution in [-0.4, -0.2) is 9.97 Å². The smallest absolute Gasteiger partial charge is 0.175 e. The summed E-state index contributed by atoms with van der Waals surface area (Å²) in [5.41, 5.74) is 3.32. The van der Waals surface area contributed by atoms with Gasteiger partial charge in [0.2, 0.25) is 0 Å². The predicted molar refractivity (Wildman–Crippen MR) is 55.9 cm³/mol. The van der Waals surface area contributed by atoms with Crippen LogP contribution in [0.1, 0.15) is 5.56 Å². The van der Waals surface area contributed by atoms with E-state index in [1.54, 1.807) is 0 Å². The highest BCUT2D eigenvalue weighted by Crippen LogP contribution is 2.20. The number of imidazole rings is 1. The maximum Gasteiger partial charge on any atom is 0.175 e. The normalized spacial score (nSPS) is 10.8. The van der Waals surface area contributed by atoms with Crippen molar-refractivity contribution in [3.8, 4) is 0 Å². The third-order valence-electron chi connectivity index (χ3n) is 1.79. The third-order valence-corrected chi connectivity index (χ3v) is 2.45. The lowest BCUT2D eigenvalue weighted by Crippen LogP contribution is -1.76. The first kappa shape index (κ1) is 8.01. The average Bonchev–Trinajstić information content (AvgIpc) is 2.29. The molecule has 0 bridgehead atoms. The van der Waals surface area contributed by atoms with Crippen LogP contribution >= 0.6 is 28.1 Å². The van der Waals surface area contributed by atoms with Crippen LogP contribution in [0.2, 0.25) is 0 Å². The van der Waals surface area contributed by atoms with E-state index >= 15 is 0 Å². The number of aromatic nitrogens is 2. The minimum atomic E-state index is 0.672. The summed E-state index contributed by atoms with van der Waals surface area (Å²) in [5.74, 6) is 0. The minimum Gasteiger partial charge on any atom is -0.331 e. The van der Waals surface area contributed by atoms with Crippen molar-refractivity contribution in [3.63, 3.8) is 0 Å². The molecule has 0 saturated carbocycles. The van der Waals surface area contributed by atoms with Gasteiger partial charge in [-0.3, -0.25) is 0 Å². The molecule has 1 aromatic heterocycles. The summed E-state index contributed by atoms with van der Waals surface area (Å²) >= 11 is 8.41. The molecule has 0 radical (unpaired) electrons. The zero-order valence-corrected chi connectivity index (χ0v) is 8.84. The molecule has 0 aliphatic carbocycles. The predicted octanol–water partition coefficient (Wildman–Crippen LogP) is 3.30. The molecule has 0 spiro atoms. The van der Waals surface area contributed by atoms with Crippen molar-refractivity contribution in [3.05, 3.63) is 26.9 Å². The van der Waals surface area contributed by atoms with E-state index in [1.165, 1.54) is 5.56 Å². The van der Waals surface area contributed by atoms with Crippen LogP contribution in [0.15, 0.2) is 16.6 Å². The number of rotatable bonds is 0. The van der Waals surface area contributed by atoms with Crippen molar-refractivity contribution in [2.24, 2.45) is 0 Å². The summed E-state index contributed by atoms with van der Waals surface area (Å²) in [7, 11) is 0. The Morgan fingerprint density at radius 3 is 2.83 bits per heavy atom. The van der Waals surface area contributed by atoms with Crippen molar-refractivity contribution in [1.82, 2.24) is 9.97 Å². The first-order chi connectivity index (χ1) is 5.66. The number of fused-ring (bicyclic) bond motifs is 1. The molecular formula is C8H7BrN2S. The highest BCUT2D eigenvalue weighted by atomic mass is 79.9. The Bertz CT molecular complexity index is 483. The third kappa shape index (κ3) is 1.21. The molecule has 0 saturated heterocycles. The topological polar surface area (TPSA) is 31.6 Å². The number of hydrogen-bond donors (Lipinski definition) is 2.